The number of carbonyl (C=O) groups is 1. The Kier molecular flexibility index (Phi) is 5.36. The van der Waals surface area contributed by atoms with Crippen LogP contribution in [0.4, 0.5) is 4.39 Å². The minimum atomic E-state index is -3.89. The number of amides is 1. The maximum atomic E-state index is 13.3. The molecular formula is C17H19FN2O3S. The number of nitrogens with two attached hydrogens (primary N) is 1. The Labute approximate surface area is 141 Å². The maximum Gasteiger partial charge on any atom is 0.254 e. The van der Waals surface area contributed by atoms with Crippen LogP contribution in [-0.4, -0.2) is 25.8 Å². The van der Waals surface area contributed by atoms with E-state index < -0.39 is 10.0 Å². The minimum Gasteiger partial charge on any atom is -0.335 e. The molecule has 0 saturated heterocycles. The van der Waals surface area contributed by atoms with Gasteiger partial charge in [0.25, 0.3) is 5.91 Å². The summed E-state index contributed by atoms with van der Waals surface area (Å²) in [5.41, 5.74) is 1.57. The van der Waals surface area contributed by atoms with Crippen molar-refractivity contribution in [2.75, 3.05) is 6.54 Å². The van der Waals surface area contributed by atoms with Gasteiger partial charge in [0.2, 0.25) is 10.0 Å². The van der Waals surface area contributed by atoms with Crippen LogP contribution < -0.4 is 5.14 Å². The molecule has 0 saturated carbocycles. The van der Waals surface area contributed by atoms with Crippen LogP contribution in [0.5, 0.6) is 0 Å². The molecule has 2 rings (SSSR count). The lowest BCUT2D eigenvalue weighted by molar-refractivity contribution is 0.0751. The van der Waals surface area contributed by atoms with Crippen molar-refractivity contribution in [2.45, 2.75) is 25.3 Å². The Bertz CT molecular complexity index is 866. The highest BCUT2D eigenvalue weighted by Crippen LogP contribution is 2.18. The second kappa shape index (κ2) is 7.11. The van der Waals surface area contributed by atoms with Crippen molar-refractivity contribution in [1.82, 2.24) is 4.90 Å². The van der Waals surface area contributed by atoms with Gasteiger partial charge in [-0.15, -0.1) is 0 Å². The van der Waals surface area contributed by atoms with Crippen LogP contribution in [0.1, 0.15) is 28.4 Å². The molecule has 0 aliphatic heterocycles. The van der Waals surface area contributed by atoms with Crippen LogP contribution >= 0.6 is 0 Å². The summed E-state index contributed by atoms with van der Waals surface area (Å²) in [6.45, 7) is 4.15. The van der Waals surface area contributed by atoms with Gasteiger partial charge in [-0.3, -0.25) is 4.79 Å². The van der Waals surface area contributed by atoms with Gasteiger partial charge in [0.05, 0.1) is 4.90 Å². The predicted octanol–water partition coefficient (Wildman–Crippen LogP) is 2.44. The largest absolute Gasteiger partial charge is 0.335 e. The second-order valence-electron chi connectivity index (χ2n) is 5.47. The average Bonchev–Trinajstić information content (AvgIpc) is 2.51. The third kappa shape index (κ3) is 4.18. The van der Waals surface area contributed by atoms with Gasteiger partial charge >= 0.3 is 0 Å². The monoisotopic (exact) mass is 350 g/mol. The third-order valence-corrected chi connectivity index (χ3v) is 4.61. The average molecular weight is 350 g/mol. The second-order valence-corrected chi connectivity index (χ2v) is 7.03. The highest BCUT2D eigenvalue weighted by atomic mass is 32.2. The van der Waals surface area contributed by atoms with Gasteiger partial charge in [-0.05, 0) is 49.2 Å². The zero-order valence-corrected chi connectivity index (χ0v) is 14.3. The molecule has 0 aromatic heterocycles. The lowest BCUT2D eigenvalue weighted by Crippen LogP contribution is -2.31. The van der Waals surface area contributed by atoms with E-state index in [2.05, 4.69) is 0 Å². The van der Waals surface area contributed by atoms with Crippen LogP contribution in [0.3, 0.4) is 0 Å². The number of hydrogen-bond acceptors (Lipinski definition) is 3. The number of carbonyl (C=O) groups excluding carboxylic acids is 1. The molecule has 0 fully saturated rings. The van der Waals surface area contributed by atoms with Crippen molar-refractivity contribution < 1.29 is 17.6 Å². The van der Waals surface area contributed by atoms with Gasteiger partial charge < -0.3 is 4.90 Å². The van der Waals surface area contributed by atoms with E-state index in [4.69, 9.17) is 5.14 Å². The first-order chi connectivity index (χ1) is 11.2. The molecule has 0 heterocycles. The maximum absolute atomic E-state index is 13.3. The molecule has 1 amide bonds. The van der Waals surface area contributed by atoms with E-state index in [1.54, 1.807) is 32.0 Å². The van der Waals surface area contributed by atoms with Gasteiger partial charge in [-0.25, -0.2) is 17.9 Å². The van der Waals surface area contributed by atoms with E-state index in [0.717, 1.165) is 0 Å². The fourth-order valence-electron chi connectivity index (χ4n) is 2.36. The predicted molar refractivity (Wildman–Crippen MR) is 89.4 cm³/mol. The summed E-state index contributed by atoms with van der Waals surface area (Å²) in [6, 6.07) is 10.2. The zero-order valence-electron chi connectivity index (χ0n) is 13.5. The van der Waals surface area contributed by atoms with Crippen LogP contribution in [0.15, 0.2) is 47.4 Å². The van der Waals surface area contributed by atoms with E-state index in [1.807, 2.05) is 0 Å². The number of hydrogen-bond donors (Lipinski definition) is 1. The minimum absolute atomic E-state index is 0.113. The molecule has 0 bridgehead atoms. The molecule has 128 valence electrons. The summed E-state index contributed by atoms with van der Waals surface area (Å²) in [4.78, 5) is 14.2. The van der Waals surface area contributed by atoms with Gasteiger partial charge in [0.1, 0.15) is 5.82 Å². The first-order valence-corrected chi connectivity index (χ1v) is 8.94. The molecule has 0 radical (unpaired) electrons. The molecule has 24 heavy (non-hydrogen) atoms. The smallest absolute Gasteiger partial charge is 0.254 e. The van der Waals surface area contributed by atoms with Crippen LogP contribution in [-0.2, 0) is 16.6 Å². The standard InChI is InChI=1S/C17H19FN2O3S/c1-3-20(11-13-5-4-6-14(18)9-13)17(21)16-10-15(24(19,22)23)8-7-12(16)2/h4-10H,3,11H2,1-2H3,(H2,19,22,23). The molecule has 7 heteroatoms. The molecule has 5 nitrogen and oxygen atoms in total. The fraction of sp³-hybridized carbons (Fsp3) is 0.235. The molecule has 2 aromatic carbocycles. The molecule has 0 aliphatic carbocycles. The van der Waals surface area contributed by atoms with E-state index in [-0.39, 0.29) is 28.7 Å². The van der Waals surface area contributed by atoms with Crippen molar-refractivity contribution >= 4 is 15.9 Å². The fourth-order valence-corrected chi connectivity index (χ4v) is 2.90. The SMILES string of the molecule is CCN(Cc1cccc(F)c1)C(=O)c1cc(S(N)(=O)=O)ccc1C. The summed E-state index contributed by atoms with van der Waals surface area (Å²) in [6.07, 6.45) is 0. The summed E-state index contributed by atoms with van der Waals surface area (Å²) in [7, 11) is -3.89. The molecule has 0 unspecified atom stereocenters. The van der Waals surface area contributed by atoms with E-state index in [1.165, 1.54) is 29.2 Å². The highest BCUT2D eigenvalue weighted by Gasteiger charge is 2.19. The lowest BCUT2D eigenvalue weighted by Gasteiger charge is -2.22. The van der Waals surface area contributed by atoms with Gasteiger partial charge in [0, 0.05) is 18.7 Å². The van der Waals surface area contributed by atoms with Crippen molar-refractivity contribution in [1.29, 1.82) is 0 Å². The molecule has 0 aliphatic rings. The molecule has 2 N–H and O–H groups in total. The Morgan fingerprint density at radius 2 is 1.92 bits per heavy atom. The number of halogens is 1. The van der Waals surface area contributed by atoms with Gasteiger partial charge in [0.15, 0.2) is 0 Å². The number of aryl methyl sites for hydroxylation is 1. The van der Waals surface area contributed by atoms with Crippen molar-refractivity contribution in [3.8, 4) is 0 Å². The topological polar surface area (TPSA) is 80.5 Å². The quantitative estimate of drug-likeness (QED) is 0.899. The first-order valence-electron chi connectivity index (χ1n) is 7.39. The molecular weight excluding hydrogens is 331 g/mol. The van der Waals surface area contributed by atoms with E-state index in [9.17, 15) is 17.6 Å². The molecule has 2 aromatic rings. The number of primary sulfonamides is 1. The van der Waals surface area contributed by atoms with E-state index >= 15 is 0 Å². The zero-order chi connectivity index (χ0) is 17.9. The highest BCUT2D eigenvalue weighted by molar-refractivity contribution is 7.89. The van der Waals surface area contributed by atoms with Gasteiger partial charge in [-0.1, -0.05) is 18.2 Å². The lowest BCUT2D eigenvalue weighted by atomic mass is 10.1. The molecule has 0 atom stereocenters. The Morgan fingerprint density at radius 1 is 1.21 bits per heavy atom. The van der Waals surface area contributed by atoms with Crippen molar-refractivity contribution in [2.24, 2.45) is 5.14 Å². The summed E-state index contributed by atoms with van der Waals surface area (Å²) >= 11 is 0. The van der Waals surface area contributed by atoms with Crippen LogP contribution in [0.25, 0.3) is 0 Å². The Hall–Kier alpha value is -2.25. The number of nitrogens with zero attached hydrogens (tertiary/aromatic N) is 1. The summed E-state index contributed by atoms with van der Waals surface area (Å²) < 4.78 is 36.3. The first kappa shape index (κ1) is 18.1. The van der Waals surface area contributed by atoms with Crippen LogP contribution in [0.2, 0.25) is 0 Å². The third-order valence-electron chi connectivity index (χ3n) is 3.70. The number of sulfonamides is 1. The van der Waals surface area contributed by atoms with Crippen LogP contribution in [0, 0.1) is 12.7 Å². The van der Waals surface area contributed by atoms with Gasteiger partial charge in [-0.2, -0.15) is 0 Å². The number of rotatable bonds is 5. The summed E-state index contributed by atoms with van der Waals surface area (Å²) in [5, 5.41) is 5.13. The van der Waals surface area contributed by atoms with Crippen molar-refractivity contribution in [3.05, 3.63) is 65.0 Å². The normalized spacial score (nSPS) is 11.3. The van der Waals surface area contributed by atoms with Crippen molar-refractivity contribution in [3.63, 3.8) is 0 Å². The molecule has 0 spiro atoms. The Morgan fingerprint density at radius 3 is 2.50 bits per heavy atom. The number of benzene rings is 2. The Balaban J connectivity index is 2.35. The summed E-state index contributed by atoms with van der Waals surface area (Å²) in [5.74, 6) is -0.701. The van der Waals surface area contributed by atoms with E-state index in [0.29, 0.717) is 17.7 Å².